The van der Waals surface area contributed by atoms with E-state index in [1.54, 1.807) is 13.3 Å². The molecule has 1 heterocycles. The molecule has 1 aromatic carbocycles. The van der Waals surface area contributed by atoms with Crippen molar-refractivity contribution in [1.82, 2.24) is 10.3 Å². The van der Waals surface area contributed by atoms with Crippen LogP contribution in [0.4, 0.5) is 0 Å². The van der Waals surface area contributed by atoms with E-state index in [-0.39, 0.29) is 6.04 Å². The molecule has 3 heteroatoms. The van der Waals surface area contributed by atoms with E-state index in [1.807, 2.05) is 13.1 Å². The molecule has 0 aliphatic carbocycles. The van der Waals surface area contributed by atoms with Crippen molar-refractivity contribution >= 4 is 0 Å². The molecule has 2 rings (SSSR count). The number of nitrogens with zero attached hydrogens (tertiary/aromatic N) is 1. The number of methoxy groups -OCH3 is 1. The summed E-state index contributed by atoms with van der Waals surface area (Å²) < 4.78 is 5.36. The Balaban J connectivity index is 2.28. The number of nitrogens with one attached hydrogen (secondary N) is 1. The van der Waals surface area contributed by atoms with Crippen LogP contribution in [0.25, 0.3) is 0 Å². The molecule has 1 atom stereocenters. The van der Waals surface area contributed by atoms with E-state index in [9.17, 15) is 0 Å². The van der Waals surface area contributed by atoms with Gasteiger partial charge in [-0.1, -0.05) is 35.4 Å². The molecule has 1 unspecified atom stereocenters. The number of hydrogen-bond donors (Lipinski definition) is 1. The highest BCUT2D eigenvalue weighted by Gasteiger charge is 2.15. The zero-order valence-electron chi connectivity index (χ0n) is 12.6. The van der Waals surface area contributed by atoms with Crippen molar-refractivity contribution in [1.29, 1.82) is 0 Å². The van der Waals surface area contributed by atoms with Gasteiger partial charge in [0, 0.05) is 17.8 Å². The fraction of sp³-hybridized carbons (Fsp3) is 0.353. The summed E-state index contributed by atoms with van der Waals surface area (Å²) in [4.78, 5) is 4.28. The summed E-state index contributed by atoms with van der Waals surface area (Å²) >= 11 is 0. The maximum atomic E-state index is 5.36. The number of aromatic nitrogens is 1. The second-order valence-corrected chi connectivity index (χ2v) is 5.14. The highest BCUT2D eigenvalue weighted by atomic mass is 16.5. The van der Waals surface area contributed by atoms with Crippen molar-refractivity contribution < 1.29 is 4.74 Å². The second-order valence-electron chi connectivity index (χ2n) is 5.14. The molecular weight excluding hydrogens is 248 g/mol. The minimum absolute atomic E-state index is 0.194. The Labute approximate surface area is 121 Å². The number of pyridine rings is 1. The Kier molecular flexibility index (Phi) is 4.74. The largest absolute Gasteiger partial charge is 0.481 e. The third kappa shape index (κ3) is 3.36. The zero-order valence-corrected chi connectivity index (χ0v) is 12.6. The van der Waals surface area contributed by atoms with E-state index in [0.29, 0.717) is 5.88 Å². The van der Waals surface area contributed by atoms with E-state index >= 15 is 0 Å². The average molecular weight is 270 g/mol. The van der Waals surface area contributed by atoms with Crippen molar-refractivity contribution in [3.8, 4) is 5.88 Å². The molecule has 1 aromatic heterocycles. The van der Waals surface area contributed by atoms with Gasteiger partial charge >= 0.3 is 0 Å². The SMILES string of the molecule is CNC(Cc1cc(C)cc(C)c1)c1cccnc1OC. The molecule has 0 saturated carbocycles. The molecule has 0 amide bonds. The summed E-state index contributed by atoms with van der Waals surface area (Å²) in [5.74, 6) is 0.691. The molecule has 106 valence electrons. The minimum atomic E-state index is 0.194. The summed E-state index contributed by atoms with van der Waals surface area (Å²) in [6.07, 6.45) is 2.67. The number of likely N-dealkylation sites (N-methyl/N-ethyl adjacent to an activating group) is 1. The molecule has 0 radical (unpaired) electrons. The quantitative estimate of drug-likeness (QED) is 0.906. The van der Waals surface area contributed by atoms with E-state index in [0.717, 1.165) is 12.0 Å². The smallest absolute Gasteiger partial charge is 0.217 e. The first-order valence-electron chi connectivity index (χ1n) is 6.87. The Morgan fingerprint density at radius 3 is 2.50 bits per heavy atom. The molecule has 20 heavy (non-hydrogen) atoms. The summed E-state index contributed by atoms with van der Waals surface area (Å²) in [5, 5.41) is 3.36. The minimum Gasteiger partial charge on any atom is -0.481 e. The third-order valence-electron chi connectivity index (χ3n) is 3.44. The molecule has 0 aliphatic rings. The van der Waals surface area contributed by atoms with Crippen LogP contribution in [0.5, 0.6) is 5.88 Å². The molecule has 0 bridgehead atoms. The van der Waals surface area contributed by atoms with Crippen molar-refractivity contribution in [3.05, 3.63) is 58.8 Å². The van der Waals surface area contributed by atoms with Crippen LogP contribution in [-0.4, -0.2) is 19.1 Å². The summed E-state index contributed by atoms with van der Waals surface area (Å²) in [6, 6.07) is 10.9. The number of aryl methyl sites for hydroxylation is 2. The van der Waals surface area contributed by atoms with Crippen LogP contribution >= 0.6 is 0 Å². The van der Waals surface area contributed by atoms with Gasteiger partial charge in [-0.05, 0) is 38.9 Å². The van der Waals surface area contributed by atoms with Crippen LogP contribution in [0.2, 0.25) is 0 Å². The molecule has 2 aromatic rings. The molecule has 1 N–H and O–H groups in total. The van der Waals surface area contributed by atoms with Gasteiger partial charge in [-0.2, -0.15) is 0 Å². The number of benzene rings is 1. The molecular formula is C17H22N2O. The van der Waals surface area contributed by atoms with Gasteiger partial charge in [0.15, 0.2) is 0 Å². The Morgan fingerprint density at radius 2 is 1.90 bits per heavy atom. The second kappa shape index (κ2) is 6.53. The zero-order chi connectivity index (χ0) is 14.5. The fourth-order valence-electron chi connectivity index (χ4n) is 2.63. The first kappa shape index (κ1) is 14.5. The summed E-state index contributed by atoms with van der Waals surface area (Å²) in [5.41, 5.74) is 5.02. The van der Waals surface area contributed by atoms with E-state index < -0.39 is 0 Å². The van der Waals surface area contributed by atoms with E-state index in [2.05, 4.69) is 48.4 Å². The highest BCUT2D eigenvalue weighted by Crippen LogP contribution is 2.25. The first-order chi connectivity index (χ1) is 9.63. The van der Waals surface area contributed by atoms with Crippen LogP contribution < -0.4 is 10.1 Å². The molecule has 0 spiro atoms. The van der Waals surface area contributed by atoms with Crippen molar-refractivity contribution in [2.45, 2.75) is 26.3 Å². The molecule has 0 fully saturated rings. The number of hydrogen-bond acceptors (Lipinski definition) is 3. The maximum Gasteiger partial charge on any atom is 0.217 e. The average Bonchev–Trinajstić information content (AvgIpc) is 2.43. The van der Waals surface area contributed by atoms with Gasteiger partial charge in [0.2, 0.25) is 5.88 Å². The van der Waals surface area contributed by atoms with Crippen LogP contribution in [-0.2, 0) is 6.42 Å². The lowest BCUT2D eigenvalue weighted by Crippen LogP contribution is -2.20. The van der Waals surface area contributed by atoms with Crippen molar-refractivity contribution in [3.63, 3.8) is 0 Å². The van der Waals surface area contributed by atoms with Crippen LogP contribution in [0.15, 0.2) is 36.5 Å². The lowest BCUT2D eigenvalue weighted by Gasteiger charge is -2.19. The number of ether oxygens (including phenoxy) is 1. The monoisotopic (exact) mass is 270 g/mol. The van der Waals surface area contributed by atoms with Gasteiger partial charge in [-0.25, -0.2) is 4.98 Å². The maximum absolute atomic E-state index is 5.36. The van der Waals surface area contributed by atoms with Crippen LogP contribution in [0.3, 0.4) is 0 Å². The molecule has 3 nitrogen and oxygen atoms in total. The van der Waals surface area contributed by atoms with Crippen molar-refractivity contribution in [2.75, 3.05) is 14.2 Å². The first-order valence-corrected chi connectivity index (χ1v) is 6.87. The third-order valence-corrected chi connectivity index (χ3v) is 3.44. The standard InChI is InChI=1S/C17H22N2O/c1-12-8-13(2)10-14(9-12)11-16(18-3)15-6-5-7-19-17(15)20-4/h5-10,16,18H,11H2,1-4H3. The van der Waals surface area contributed by atoms with Gasteiger partial charge < -0.3 is 10.1 Å². The van der Waals surface area contributed by atoms with Gasteiger partial charge in [0.05, 0.1) is 7.11 Å². The summed E-state index contributed by atoms with van der Waals surface area (Å²) in [7, 11) is 3.63. The Bertz CT molecular complexity index is 561. The van der Waals surface area contributed by atoms with Crippen LogP contribution in [0, 0.1) is 13.8 Å². The lowest BCUT2D eigenvalue weighted by atomic mass is 9.97. The van der Waals surface area contributed by atoms with E-state index in [4.69, 9.17) is 4.74 Å². The predicted octanol–water partition coefficient (Wildman–Crippen LogP) is 3.21. The van der Waals surface area contributed by atoms with Gasteiger partial charge in [-0.3, -0.25) is 0 Å². The highest BCUT2D eigenvalue weighted by molar-refractivity contribution is 5.33. The van der Waals surface area contributed by atoms with Gasteiger partial charge in [-0.15, -0.1) is 0 Å². The topological polar surface area (TPSA) is 34.2 Å². The summed E-state index contributed by atoms with van der Waals surface area (Å²) in [6.45, 7) is 4.27. The number of rotatable bonds is 5. The predicted molar refractivity (Wildman–Crippen MR) is 82.2 cm³/mol. The normalized spacial score (nSPS) is 12.2. The fourth-order valence-corrected chi connectivity index (χ4v) is 2.63. The van der Waals surface area contributed by atoms with E-state index in [1.165, 1.54) is 16.7 Å². The van der Waals surface area contributed by atoms with Crippen molar-refractivity contribution in [2.24, 2.45) is 0 Å². The van der Waals surface area contributed by atoms with Crippen LogP contribution in [0.1, 0.15) is 28.3 Å². The molecule has 0 saturated heterocycles. The lowest BCUT2D eigenvalue weighted by molar-refractivity contribution is 0.384. The van der Waals surface area contributed by atoms with Gasteiger partial charge in [0.1, 0.15) is 0 Å². The molecule has 0 aliphatic heterocycles. The Hall–Kier alpha value is -1.87. The Morgan fingerprint density at radius 1 is 1.20 bits per heavy atom. The van der Waals surface area contributed by atoms with Gasteiger partial charge in [0.25, 0.3) is 0 Å².